The second-order valence-electron chi connectivity index (χ2n) is 4.83. The summed E-state index contributed by atoms with van der Waals surface area (Å²) in [5.74, 6) is 0. The van der Waals surface area contributed by atoms with Crippen molar-refractivity contribution < 1.29 is 5.11 Å². The average molecular weight is 202 g/mol. The fourth-order valence-corrected chi connectivity index (χ4v) is 2.50. The smallest absolute Gasteiger partial charge is 0.0939 e. The normalized spacial score (nSPS) is 23.9. The molecule has 1 atom stereocenters. The standard InChI is InChI=1S/C14H18O/c1-10(2)9-14(15)7-6-12-5-4-11(3)8-13(12)14/h4-5,8,15H,1,6-7,9H2,2-3H3. The molecule has 0 saturated heterocycles. The van der Waals surface area contributed by atoms with E-state index in [1.165, 1.54) is 11.1 Å². The fourth-order valence-electron chi connectivity index (χ4n) is 2.50. The molecule has 0 aliphatic heterocycles. The minimum Gasteiger partial charge on any atom is -0.385 e. The van der Waals surface area contributed by atoms with Crippen LogP contribution in [0.1, 0.15) is 36.5 Å². The fraction of sp³-hybridized carbons (Fsp3) is 0.429. The molecule has 0 radical (unpaired) electrons. The van der Waals surface area contributed by atoms with Gasteiger partial charge in [0.1, 0.15) is 0 Å². The molecule has 1 heteroatoms. The van der Waals surface area contributed by atoms with E-state index in [0.29, 0.717) is 6.42 Å². The van der Waals surface area contributed by atoms with Gasteiger partial charge in [0.15, 0.2) is 0 Å². The van der Waals surface area contributed by atoms with Crippen molar-refractivity contribution in [2.75, 3.05) is 0 Å². The minimum absolute atomic E-state index is 0.660. The molecule has 1 N–H and O–H groups in total. The lowest BCUT2D eigenvalue weighted by Gasteiger charge is -2.24. The Morgan fingerprint density at radius 3 is 2.93 bits per heavy atom. The predicted octanol–water partition coefficient (Wildman–Crippen LogP) is 3.10. The zero-order chi connectivity index (χ0) is 11.1. The molecule has 80 valence electrons. The summed E-state index contributed by atoms with van der Waals surface area (Å²) in [7, 11) is 0. The summed E-state index contributed by atoms with van der Waals surface area (Å²) in [6.45, 7) is 7.95. The van der Waals surface area contributed by atoms with Crippen LogP contribution >= 0.6 is 0 Å². The van der Waals surface area contributed by atoms with Gasteiger partial charge in [-0.3, -0.25) is 0 Å². The Morgan fingerprint density at radius 1 is 1.53 bits per heavy atom. The van der Waals surface area contributed by atoms with Crippen LogP contribution in [0.2, 0.25) is 0 Å². The zero-order valence-electron chi connectivity index (χ0n) is 9.51. The topological polar surface area (TPSA) is 20.2 Å². The van der Waals surface area contributed by atoms with Crippen molar-refractivity contribution in [1.82, 2.24) is 0 Å². The van der Waals surface area contributed by atoms with Crippen molar-refractivity contribution in [2.24, 2.45) is 0 Å². The monoisotopic (exact) mass is 202 g/mol. The first kappa shape index (κ1) is 10.4. The molecule has 0 saturated carbocycles. The van der Waals surface area contributed by atoms with Gasteiger partial charge in [0.05, 0.1) is 5.60 Å². The minimum atomic E-state index is -0.660. The van der Waals surface area contributed by atoms with E-state index in [-0.39, 0.29) is 0 Å². The Hall–Kier alpha value is -1.08. The first-order valence-corrected chi connectivity index (χ1v) is 5.48. The van der Waals surface area contributed by atoms with E-state index in [2.05, 4.69) is 31.7 Å². The molecule has 0 amide bonds. The highest BCUT2D eigenvalue weighted by molar-refractivity contribution is 5.40. The van der Waals surface area contributed by atoms with Crippen molar-refractivity contribution in [3.05, 3.63) is 47.0 Å². The first-order chi connectivity index (χ1) is 7.01. The second-order valence-corrected chi connectivity index (χ2v) is 4.83. The Bertz CT molecular complexity index is 406. The van der Waals surface area contributed by atoms with Crippen LogP contribution in [0.3, 0.4) is 0 Å². The third kappa shape index (κ3) is 1.84. The van der Waals surface area contributed by atoms with Crippen LogP contribution in [0.25, 0.3) is 0 Å². The summed E-state index contributed by atoms with van der Waals surface area (Å²) >= 11 is 0. The number of fused-ring (bicyclic) bond motifs is 1. The van der Waals surface area contributed by atoms with Crippen LogP contribution in [0, 0.1) is 6.92 Å². The lowest BCUT2D eigenvalue weighted by molar-refractivity contribution is 0.0391. The number of aryl methyl sites for hydroxylation is 2. The SMILES string of the molecule is C=C(C)CC1(O)CCc2ccc(C)cc21. The highest BCUT2D eigenvalue weighted by atomic mass is 16.3. The number of benzene rings is 1. The van der Waals surface area contributed by atoms with Gasteiger partial charge in [0, 0.05) is 6.42 Å². The van der Waals surface area contributed by atoms with E-state index in [4.69, 9.17) is 0 Å². The number of aliphatic hydroxyl groups is 1. The lowest BCUT2D eigenvalue weighted by atomic mass is 9.89. The molecule has 0 heterocycles. The van der Waals surface area contributed by atoms with Crippen molar-refractivity contribution in [1.29, 1.82) is 0 Å². The summed E-state index contributed by atoms with van der Waals surface area (Å²) in [6, 6.07) is 6.37. The molecule has 1 unspecified atom stereocenters. The van der Waals surface area contributed by atoms with Crippen LogP contribution in [0.5, 0.6) is 0 Å². The van der Waals surface area contributed by atoms with Gasteiger partial charge >= 0.3 is 0 Å². The maximum atomic E-state index is 10.6. The summed E-state index contributed by atoms with van der Waals surface area (Å²) in [5, 5.41) is 10.6. The molecule has 1 aliphatic rings. The molecular formula is C14H18O. The number of hydrogen-bond acceptors (Lipinski definition) is 1. The Morgan fingerprint density at radius 2 is 2.27 bits per heavy atom. The van der Waals surface area contributed by atoms with Gasteiger partial charge in [-0.05, 0) is 37.8 Å². The van der Waals surface area contributed by atoms with Crippen LogP contribution in [0.15, 0.2) is 30.4 Å². The van der Waals surface area contributed by atoms with Crippen LogP contribution < -0.4 is 0 Å². The Kier molecular flexibility index (Phi) is 2.43. The quantitative estimate of drug-likeness (QED) is 0.731. The van der Waals surface area contributed by atoms with Crippen LogP contribution in [0.4, 0.5) is 0 Å². The predicted molar refractivity (Wildman–Crippen MR) is 62.8 cm³/mol. The van der Waals surface area contributed by atoms with Gasteiger partial charge < -0.3 is 5.11 Å². The highest BCUT2D eigenvalue weighted by Crippen LogP contribution is 2.41. The Labute approximate surface area is 91.4 Å². The number of rotatable bonds is 2. The molecule has 0 aromatic heterocycles. The van der Waals surface area contributed by atoms with Gasteiger partial charge in [-0.15, -0.1) is 6.58 Å². The molecule has 1 aromatic carbocycles. The first-order valence-electron chi connectivity index (χ1n) is 5.48. The van der Waals surface area contributed by atoms with Crippen LogP contribution in [-0.2, 0) is 12.0 Å². The molecule has 0 bridgehead atoms. The second kappa shape index (κ2) is 3.49. The van der Waals surface area contributed by atoms with E-state index in [9.17, 15) is 5.11 Å². The molecule has 0 fully saturated rings. The molecule has 1 aliphatic carbocycles. The lowest BCUT2D eigenvalue weighted by Crippen LogP contribution is -2.22. The van der Waals surface area contributed by atoms with E-state index < -0.39 is 5.60 Å². The molecule has 15 heavy (non-hydrogen) atoms. The van der Waals surface area contributed by atoms with Crippen molar-refractivity contribution >= 4 is 0 Å². The van der Waals surface area contributed by atoms with Gasteiger partial charge in [-0.2, -0.15) is 0 Å². The highest BCUT2D eigenvalue weighted by Gasteiger charge is 2.36. The van der Waals surface area contributed by atoms with E-state index >= 15 is 0 Å². The van der Waals surface area contributed by atoms with Crippen molar-refractivity contribution in [2.45, 2.75) is 38.7 Å². The van der Waals surface area contributed by atoms with E-state index in [1.807, 2.05) is 6.92 Å². The zero-order valence-corrected chi connectivity index (χ0v) is 9.51. The van der Waals surface area contributed by atoms with Gasteiger partial charge in [0.2, 0.25) is 0 Å². The average Bonchev–Trinajstić information content (AvgIpc) is 2.43. The molecule has 2 rings (SSSR count). The van der Waals surface area contributed by atoms with Gasteiger partial charge in [-0.25, -0.2) is 0 Å². The van der Waals surface area contributed by atoms with Crippen LogP contribution in [-0.4, -0.2) is 5.11 Å². The summed E-state index contributed by atoms with van der Waals surface area (Å²) in [4.78, 5) is 0. The van der Waals surface area contributed by atoms with Crippen molar-refractivity contribution in [3.8, 4) is 0 Å². The summed E-state index contributed by atoms with van der Waals surface area (Å²) < 4.78 is 0. The summed E-state index contributed by atoms with van der Waals surface area (Å²) in [6.07, 6.45) is 2.50. The molecule has 0 spiro atoms. The van der Waals surface area contributed by atoms with E-state index in [1.54, 1.807) is 0 Å². The van der Waals surface area contributed by atoms with Gasteiger partial charge in [-0.1, -0.05) is 29.3 Å². The maximum absolute atomic E-state index is 10.6. The largest absolute Gasteiger partial charge is 0.385 e. The summed E-state index contributed by atoms with van der Waals surface area (Å²) in [5.41, 5.74) is 4.02. The maximum Gasteiger partial charge on any atom is 0.0939 e. The van der Waals surface area contributed by atoms with Gasteiger partial charge in [0.25, 0.3) is 0 Å². The third-order valence-corrected chi connectivity index (χ3v) is 3.17. The molecular weight excluding hydrogens is 184 g/mol. The number of hydrogen-bond donors (Lipinski definition) is 1. The van der Waals surface area contributed by atoms with E-state index in [0.717, 1.165) is 24.0 Å². The van der Waals surface area contributed by atoms with Crippen molar-refractivity contribution in [3.63, 3.8) is 0 Å². The Balaban J connectivity index is 2.41. The third-order valence-electron chi connectivity index (χ3n) is 3.17. The molecule has 1 aromatic rings. The molecule has 1 nitrogen and oxygen atoms in total.